The monoisotopic (exact) mass is 1110 g/mol. The maximum atomic E-state index is 11.5. The highest BCUT2D eigenvalue weighted by Crippen LogP contribution is 2.37. The normalized spacial score (nSPS) is 44.8. The summed E-state index contributed by atoms with van der Waals surface area (Å²) in [7, 11) is -10.5. The van der Waals surface area contributed by atoms with E-state index in [9.17, 15) is 67.1 Å². The molecule has 412 valence electrons. The van der Waals surface area contributed by atoms with Crippen molar-refractivity contribution in [2.45, 2.75) is 175 Å². The summed E-state index contributed by atoms with van der Waals surface area (Å²) in [6.07, 6.45) is -33.3. The minimum absolute atomic E-state index is 0.840. The third-order valence-electron chi connectivity index (χ3n) is 11.7. The van der Waals surface area contributed by atoms with E-state index in [1.807, 2.05) is 0 Å². The van der Waals surface area contributed by atoms with E-state index in [-0.39, 0.29) is 0 Å². The van der Waals surface area contributed by atoms with E-state index >= 15 is 0 Å². The van der Waals surface area contributed by atoms with Crippen LogP contribution < -0.4 is 27.7 Å². The summed E-state index contributed by atoms with van der Waals surface area (Å²) in [6, 6.07) is -4.23. The first-order valence-corrected chi connectivity index (χ1v) is 23.8. The number of rotatable bonds is 19. The molecule has 5 fully saturated rings. The average molecular weight is 1110 g/mol. The Hall–Kier alpha value is -1.18. The predicted molar refractivity (Wildman–Crippen MR) is 210 cm³/mol. The fourth-order valence-electron chi connectivity index (χ4n) is 8.01. The fraction of sp³-hybridized carbons (Fsp3) is 1.00. The molecule has 0 amide bonds. The molecule has 10 unspecified atom stereocenters. The number of hydrogen-bond donors (Lipinski definition) is 9. The second-order valence-corrected chi connectivity index (χ2v) is 18.3. The molecule has 5 aliphatic heterocycles. The van der Waals surface area contributed by atoms with E-state index in [1.54, 1.807) is 0 Å². The van der Waals surface area contributed by atoms with E-state index < -0.39 is 194 Å². The van der Waals surface area contributed by atoms with E-state index in [0.717, 1.165) is 0 Å². The third-order valence-corrected chi connectivity index (χ3v) is 12.6. The van der Waals surface area contributed by atoms with Crippen molar-refractivity contribution >= 4 is 45.9 Å². The van der Waals surface area contributed by atoms with E-state index in [2.05, 4.69) is 48.4 Å². The van der Waals surface area contributed by atoms with Crippen molar-refractivity contribution in [2.24, 2.45) is 23.1 Å². The zero-order valence-corrected chi connectivity index (χ0v) is 40.1. The zero-order valence-electron chi connectivity index (χ0n) is 36.8. The summed E-state index contributed by atoms with van der Waals surface area (Å²) in [6.45, 7) is 2.88. The Morgan fingerprint density at radius 1 is 0.471 bits per heavy atom. The molecule has 0 bridgehead atoms. The largest absolute Gasteiger partial charge is 0.726 e. The van der Waals surface area contributed by atoms with E-state index in [0.29, 0.717) is 0 Å². The third kappa shape index (κ3) is 16.2. The van der Waals surface area contributed by atoms with Gasteiger partial charge >= 0.3 is 0 Å². The van der Waals surface area contributed by atoms with Crippen LogP contribution in [0.25, 0.3) is 0 Å². The van der Waals surface area contributed by atoms with Gasteiger partial charge in [0.1, 0.15) is 86.0 Å². The van der Waals surface area contributed by atoms with Crippen LogP contribution in [0.3, 0.4) is 0 Å². The summed E-state index contributed by atoms with van der Waals surface area (Å²) in [5.41, 5.74) is 18.4. The van der Waals surface area contributed by atoms with Crippen molar-refractivity contribution in [3.63, 3.8) is 0 Å². The molecular weight excluding hydrogens is 1050 g/mol. The van der Waals surface area contributed by atoms with Crippen LogP contribution in [0.1, 0.15) is 27.7 Å². The Labute approximate surface area is 408 Å². The lowest BCUT2D eigenvalue weighted by Gasteiger charge is -2.50. The fourth-order valence-corrected chi connectivity index (χ4v) is 8.61. The number of aliphatic hydroxyl groups excluding tert-OH is 6. The molecule has 0 spiro atoms. The highest BCUT2D eigenvalue weighted by atomic mass is 32.3. The maximum Gasteiger partial charge on any atom is 0.217 e. The van der Waals surface area contributed by atoms with Gasteiger partial charge in [-0.2, -0.15) is 8.42 Å². The Morgan fingerprint density at radius 2 is 0.943 bits per heavy atom. The molecule has 0 aliphatic carbocycles. The first kappa shape index (κ1) is 63.1. The van der Waals surface area contributed by atoms with Crippen LogP contribution in [0.15, 0.2) is 0 Å². The van der Waals surface area contributed by atoms with Gasteiger partial charge in [0.25, 0.3) is 0 Å². The second kappa shape index (κ2) is 28.1. The lowest BCUT2D eigenvalue weighted by Crippen LogP contribution is -2.69. The smallest absolute Gasteiger partial charge is 0.217 e. The lowest BCUT2D eigenvalue weighted by atomic mass is 9.91. The molecule has 70 heavy (non-hydrogen) atoms. The van der Waals surface area contributed by atoms with Gasteiger partial charge in [-0.1, -0.05) is 6.92 Å². The van der Waals surface area contributed by atoms with Gasteiger partial charge in [0.15, 0.2) is 50.2 Å². The van der Waals surface area contributed by atoms with Crippen LogP contribution >= 0.6 is 0 Å². The number of nitrogens with two attached hydrogens (primary N) is 3. The van der Waals surface area contributed by atoms with Crippen molar-refractivity contribution < 1.29 is 146 Å². The summed E-state index contributed by atoms with van der Waals surface area (Å²) in [5, 5.41) is 95.1. The quantitative estimate of drug-likeness (QED) is 0.0251. The standard InChI is InChI=1S/C32H59N3O29S2.2OS/c1-8-18(36)24(10(3)54-29(8)60-26-14(7-52-66(47,48)49)53-9(2)15(33)21(26)39)58-31-17(35)28(62-64-43)27(13(57-31)5-50-63-42)61-32-23(41)22(40)25(11(4)55-32)59-30-16(34)20(38)19(37)12(56-30)6-51-65(44,45)46;2*1-2/h8-32,36-43H,5-7,33-35H2,1-4H3,(H,44,45,46)(H,47,48,49);;/p-4/t8?,9-,10?,11?,12?,13?,14?,15?,16?,17?,18+,19-,20-,21-,22-,23?,24+,25-,26-,27-,28-,29+,30-,31+,32+;;/m1../s1. The molecule has 0 saturated carbocycles. The molecule has 0 radical (unpaired) electrons. The predicted octanol–water partition coefficient (Wildman–Crippen LogP) is -10.9. The van der Waals surface area contributed by atoms with E-state index in [1.165, 1.54) is 27.7 Å². The Morgan fingerprint density at radius 3 is 1.49 bits per heavy atom. The van der Waals surface area contributed by atoms with Gasteiger partial charge < -0.3 is 110 Å². The molecular formula is C32H55N3O31S4-4. The summed E-state index contributed by atoms with van der Waals surface area (Å²) >= 11 is 5.67. The zero-order chi connectivity index (χ0) is 53.2. The molecule has 12 N–H and O–H groups in total. The van der Waals surface area contributed by atoms with Crippen LogP contribution in [0.4, 0.5) is 0 Å². The van der Waals surface area contributed by atoms with Crippen molar-refractivity contribution in [2.75, 3.05) is 19.8 Å². The van der Waals surface area contributed by atoms with Crippen LogP contribution in [0.2, 0.25) is 0 Å². The summed E-state index contributed by atoms with van der Waals surface area (Å²) in [5.74, 6) is -1.04. The SMILES string of the molecule is CC1O[C@@H](O[C@@H]2C(COO[O-])O[C@@H](O[C@H]3C(C)O[C@@H](O[C@@H]4C(COS(=O)(=O)[O-])O[C@H](C)C(N)[C@H]4O)C(C)[C@@H]3O)C(N)[C@H]2OO[O-])C(O)[C@@H](O)[C@@H]1O[C@H]1OC(COS(=O)(=O)[O-])[C@@H](O)[C@H](O)C1N.O=S.O=S. The summed E-state index contributed by atoms with van der Waals surface area (Å²) < 4.78 is 143. The second-order valence-electron chi connectivity index (χ2n) is 16.2. The van der Waals surface area contributed by atoms with Crippen LogP contribution in [0.5, 0.6) is 0 Å². The first-order chi connectivity index (χ1) is 32.8. The highest BCUT2D eigenvalue weighted by molar-refractivity contribution is 7.81. The van der Waals surface area contributed by atoms with Crippen LogP contribution in [0, 0.1) is 5.92 Å². The molecule has 0 aromatic carbocycles. The molecule has 38 heteroatoms. The van der Waals surface area contributed by atoms with Crippen LogP contribution in [-0.4, -0.2) is 232 Å². The van der Waals surface area contributed by atoms with Crippen molar-refractivity contribution in [1.82, 2.24) is 0 Å². The minimum Gasteiger partial charge on any atom is -0.726 e. The topological polar surface area (TPSA) is 533 Å². The van der Waals surface area contributed by atoms with Gasteiger partial charge in [0.2, 0.25) is 20.8 Å². The van der Waals surface area contributed by atoms with Crippen molar-refractivity contribution in [1.29, 1.82) is 0 Å². The molecule has 25 atom stereocenters. The molecule has 5 heterocycles. The molecule has 5 aliphatic rings. The Kier molecular flexibility index (Phi) is 25.3. The number of aliphatic hydroxyl groups is 6. The lowest BCUT2D eigenvalue weighted by molar-refractivity contribution is -0.808. The first-order valence-electron chi connectivity index (χ1n) is 20.4. The van der Waals surface area contributed by atoms with Gasteiger partial charge in [0.05, 0.1) is 55.8 Å². The number of ether oxygens (including phenoxy) is 9. The summed E-state index contributed by atoms with van der Waals surface area (Å²) in [4.78, 5) is 9.42. The molecule has 34 nitrogen and oxygen atoms in total. The van der Waals surface area contributed by atoms with Gasteiger partial charge in [-0.15, -0.1) is 0 Å². The molecule has 0 aromatic rings. The maximum absolute atomic E-state index is 11.5. The van der Waals surface area contributed by atoms with Crippen molar-refractivity contribution in [3.05, 3.63) is 0 Å². The Bertz CT molecular complexity index is 1790. The molecule has 5 rings (SSSR count). The van der Waals surface area contributed by atoms with Gasteiger partial charge in [-0.3, -0.25) is 18.4 Å². The van der Waals surface area contributed by atoms with Gasteiger partial charge in [0, 0.05) is 5.92 Å². The van der Waals surface area contributed by atoms with Crippen LogP contribution in [-0.2, 0) is 117 Å². The van der Waals surface area contributed by atoms with Gasteiger partial charge in [-0.25, -0.2) is 26.6 Å². The minimum atomic E-state index is -5.26. The van der Waals surface area contributed by atoms with Gasteiger partial charge in [-0.05, 0) is 20.8 Å². The van der Waals surface area contributed by atoms with E-state index in [4.69, 9.17) is 73.1 Å². The van der Waals surface area contributed by atoms with Crippen molar-refractivity contribution in [3.8, 4) is 0 Å². The average Bonchev–Trinajstić information content (AvgIpc) is 3.31. The number of hydrogen-bond acceptors (Lipinski definition) is 36. The highest BCUT2D eigenvalue weighted by Gasteiger charge is 2.56. The molecule has 0 aromatic heterocycles. The molecule has 5 saturated heterocycles. The Balaban J connectivity index is 0.00000316.